The summed E-state index contributed by atoms with van der Waals surface area (Å²) in [7, 11) is 0. The molecule has 5 heteroatoms. The van der Waals surface area contributed by atoms with E-state index in [9.17, 15) is 4.79 Å². The molecule has 0 saturated heterocycles. The van der Waals surface area contributed by atoms with E-state index < -0.39 is 5.97 Å². The minimum atomic E-state index is -0.449. The van der Waals surface area contributed by atoms with E-state index in [0.717, 1.165) is 0 Å². The number of esters is 1. The lowest BCUT2D eigenvalue weighted by Crippen LogP contribution is -2.08. The molecule has 96 valence electrons. The molecule has 0 amide bonds. The van der Waals surface area contributed by atoms with Gasteiger partial charge in [0.1, 0.15) is 5.75 Å². The van der Waals surface area contributed by atoms with E-state index in [1.807, 2.05) is 0 Å². The van der Waals surface area contributed by atoms with E-state index in [-0.39, 0.29) is 6.79 Å². The van der Waals surface area contributed by atoms with Crippen molar-refractivity contribution in [2.24, 2.45) is 0 Å². The third-order valence-corrected chi connectivity index (χ3v) is 2.89. The summed E-state index contributed by atoms with van der Waals surface area (Å²) in [6.45, 7) is 0.184. The fourth-order valence-corrected chi connectivity index (χ4v) is 1.82. The summed E-state index contributed by atoms with van der Waals surface area (Å²) < 4.78 is 15.6. The number of carbonyl (C=O) groups is 1. The molecular formula is C14H9ClO4. The van der Waals surface area contributed by atoms with Crippen molar-refractivity contribution in [3.63, 3.8) is 0 Å². The predicted molar refractivity (Wildman–Crippen MR) is 69.0 cm³/mol. The molecule has 0 N–H and O–H groups in total. The maximum Gasteiger partial charge on any atom is 0.343 e. The van der Waals surface area contributed by atoms with Crippen LogP contribution in [0.25, 0.3) is 0 Å². The number of ether oxygens (including phenoxy) is 3. The van der Waals surface area contributed by atoms with Crippen molar-refractivity contribution in [1.82, 2.24) is 0 Å². The lowest BCUT2D eigenvalue weighted by atomic mass is 10.2. The number of rotatable bonds is 2. The molecule has 0 aromatic heterocycles. The smallest absolute Gasteiger partial charge is 0.343 e. The van der Waals surface area contributed by atoms with Crippen LogP contribution in [0.15, 0.2) is 42.5 Å². The first-order valence-electron chi connectivity index (χ1n) is 5.60. The zero-order valence-electron chi connectivity index (χ0n) is 9.76. The molecule has 3 rings (SSSR count). The summed E-state index contributed by atoms with van der Waals surface area (Å²) in [6.07, 6.45) is 0. The van der Waals surface area contributed by atoms with Gasteiger partial charge in [-0.15, -0.1) is 0 Å². The average Bonchev–Trinajstić information content (AvgIpc) is 2.87. The molecule has 0 saturated carbocycles. The van der Waals surface area contributed by atoms with Gasteiger partial charge in [0.25, 0.3) is 0 Å². The second kappa shape index (κ2) is 4.82. The molecule has 0 unspecified atom stereocenters. The first kappa shape index (κ1) is 11.9. The largest absolute Gasteiger partial charge is 0.454 e. The van der Waals surface area contributed by atoms with Gasteiger partial charge < -0.3 is 14.2 Å². The molecule has 1 aliphatic heterocycles. The van der Waals surface area contributed by atoms with Crippen LogP contribution in [0.2, 0.25) is 5.02 Å². The Hall–Kier alpha value is -2.20. The fourth-order valence-electron chi connectivity index (χ4n) is 1.69. The van der Waals surface area contributed by atoms with Gasteiger partial charge in [-0.2, -0.15) is 0 Å². The first-order chi connectivity index (χ1) is 9.22. The van der Waals surface area contributed by atoms with Crippen molar-refractivity contribution < 1.29 is 19.0 Å². The summed E-state index contributed by atoms with van der Waals surface area (Å²) >= 11 is 5.76. The third-order valence-electron chi connectivity index (χ3n) is 2.63. The second-order valence-corrected chi connectivity index (χ2v) is 4.35. The molecule has 19 heavy (non-hydrogen) atoms. The molecule has 0 radical (unpaired) electrons. The first-order valence-corrected chi connectivity index (χ1v) is 5.97. The van der Waals surface area contributed by atoms with Gasteiger partial charge in [0, 0.05) is 11.1 Å². The molecule has 0 fully saturated rings. The summed E-state index contributed by atoms with van der Waals surface area (Å²) in [4.78, 5) is 11.9. The molecule has 1 aliphatic rings. The average molecular weight is 277 g/mol. The van der Waals surface area contributed by atoms with E-state index in [1.54, 1.807) is 42.5 Å². The summed E-state index contributed by atoms with van der Waals surface area (Å²) in [5.41, 5.74) is 0.432. The number of hydrogen-bond donors (Lipinski definition) is 0. The number of halogens is 1. The van der Waals surface area contributed by atoms with Gasteiger partial charge in [0.05, 0.1) is 5.56 Å². The zero-order valence-corrected chi connectivity index (χ0v) is 10.5. The van der Waals surface area contributed by atoms with Crippen molar-refractivity contribution in [3.8, 4) is 17.2 Å². The topological polar surface area (TPSA) is 44.8 Å². The second-order valence-electron chi connectivity index (χ2n) is 3.91. The highest BCUT2D eigenvalue weighted by molar-refractivity contribution is 6.30. The normalized spacial score (nSPS) is 12.3. The van der Waals surface area contributed by atoms with Crippen LogP contribution in [0.3, 0.4) is 0 Å². The third kappa shape index (κ3) is 2.48. The Labute approximate surface area is 114 Å². The zero-order chi connectivity index (χ0) is 13.2. The minimum absolute atomic E-state index is 0.184. The molecule has 2 aromatic carbocycles. The lowest BCUT2D eigenvalue weighted by Gasteiger charge is -2.05. The van der Waals surface area contributed by atoms with E-state index in [1.165, 1.54) is 0 Å². The fraction of sp³-hybridized carbons (Fsp3) is 0.0714. The van der Waals surface area contributed by atoms with Crippen LogP contribution in [0, 0.1) is 0 Å². The van der Waals surface area contributed by atoms with Crippen LogP contribution in [-0.4, -0.2) is 12.8 Å². The van der Waals surface area contributed by atoms with Gasteiger partial charge in [-0.3, -0.25) is 0 Å². The predicted octanol–water partition coefficient (Wildman–Crippen LogP) is 3.29. The highest BCUT2D eigenvalue weighted by Crippen LogP contribution is 2.35. The highest BCUT2D eigenvalue weighted by Gasteiger charge is 2.15. The van der Waals surface area contributed by atoms with Gasteiger partial charge in [0.2, 0.25) is 6.79 Å². The Morgan fingerprint density at radius 3 is 2.58 bits per heavy atom. The Balaban J connectivity index is 1.77. The van der Waals surface area contributed by atoms with Crippen molar-refractivity contribution in [3.05, 3.63) is 53.1 Å². The Kier molecular flexibility index (Phi) is 3.01. The van der Waals surface area contributed by atoms with Gasteiger partial charge >= 0.3 is 5.97 Å². The molecule has 0 atom stereocenters. The van der Waals surface area contributed by atoms with E-state index in [4.69, 9.17) is 25.8 Å². The lowest BCUT2D eigenvalue weighted by molar-refractivity contribution is 0.0734. The quantitative estimate of drug-likeness (QED) is 0.624. The van der Waals surface area contributed by atoms with Crippen molar-refractivity contribution in [2.45, 2.75) is 0 Å². The molecule has 0 spiro atoms. The van der Waals surface area contributed by atoms with Gasteiger partial charge in [-0.1, -0.05) is 11.6 Å². The summed E-state index contributed by atoms with van der Waals surface area (Å²) in [5, 5.41) is 0.569. The van der Waals surface area contributed by atoms with E-state index in [0.29, 0.717) is 27.8 Å². The van der Waals surface area contributed by atoms with Crippen molar-refractivity contribution >= 4 is 17.6 Å². The van der Waals surface area contributed by atoms with Crippen LogP contribution in [0.1, 0.15) is 10.4 Å². The molecule has 1 heterocycles. The maximum atomic E-state index is 11.9. The van der Waals surface area contributed by atoms with Gasteiger partial charge in [-0.05, 0) is 36.4 Å². The van der Waals surface area contributed by atoms with Crippen LogP contribution < -0.4 is 14.2 Å². The van der Waals surface area contributed by atoms with Crippen molar-refractivity contribution in [1.29, 1.82) is 0 Å². The number of carbonyl (C=O) groups excluding carboxylic acids is 1. The summed E-state index contributed by atoms with van der Waals surface area (Å²) in [6, 6.07) is 11.5. The summed E-state index contributed by atoms with van der Waals surface area (Å²) in [5.74, 6) is 1.17. The Bertz CT molecular complexity index is 622. The van der Waals surface area contributed by atoms with E-state index in [2.05, 4.69) is 0 Å². The van der Waals surface area contributed by atoms with Crippen LogP contribution >= 0.6 is 11.6 Å². The number of fused-ring (bicyclic) bond motifs is 1. The Morgan fingerprint density at radius 1 is 1.05 bits per heavy atom. The van der Waals surface area contributed by atoms with Crippen LogP contribution in [0.5, 0.6) is 17.2 Å². The SMILES string of the molecule is O=C(Oc1ccc2c(c1)OCO2)c1ccc(Cl)cc1. The molecule has 0 aliphatic carbocycles. The number of hydrogen-bond acceptors (Lipinski definition) is 4. The molecule has 4 nitrogen and oxygen atoms in total. The van der Waals surface area contributed by atoms with Crippen LogP contribution in [-0.2, 0) is 0 Å². The van der Waals surface area contributed by atoms with Gasteiger partial charge in [-0.25, -0.2) is 4.79 Å². The van der Waals surface area contributed by atoms with Gasteiger partial charge in [0.15, 0.2) is 11.5 Å². The van der Waals surface area contributed by atoms with Crippen molar-refractivity contribution in [2.75, 3.05) is 6.79 Å². The Morgan fingerprint density at radius 2 is 1.79 bits per heavy atom. The van der Waals surface area contributed by atoms with E-state index >= 15 is 0 Å². The molecule has 0 bridgehead atoms. The standard InChI is InChI=1S/C14H9ClO4/c15-10-3-1-9(2-4-10)14(16)19-11-5-6-12-13(7-11)18-8-17-12/h1-7H,8H2. The minimum Gasteiger partial charge on any atom is -0.454 e. The molecule has 2 aromatic rings. The van der Waals surface area contributed by atoms with Crippen LogP contribution in [0.4, 0.5) is 0 Å². The number of benzene rings is 2. The monoisotopic (exact) mass is 276 g/mol. The molecular weight excluding hydrogens is 268 g/mol. The highest BCUT2D eigenvalue weighted by atomic mass is 35.5. The maximum absolute atomic E-state index is 11.9.